The van der Waals surface area contributed by atoms with Gasteiger partial charge < -0.3 is 10.1 Å². The number of halogens is 2. The second kappa shape index (κ2) is 6.09. The lowest BCUT2D eigenvalue weighted by molar-refractivity contribution is -0.145. The number of ether oxygens (including phenoxy) is 1. The number of carbonyl (C=O) groups is 1. The average molecular weight is 262 g/mol. The molecule has 16 heavy (non-hydrogen) atoms. The molecule has 1 aromatic carbocycles. The number of likely N-dealkylation sites (N-methyl/N-ethyl adjacent to an activating group) is 1. The van der Waals surface area contributed by atoms with E-state index in [1.807, 2.05) is 0 Å². The number of nitrogens with one attached hydrogen (secondary N) is 1. The van der Waals surface area contributed by atoms with Crippen LogP contribution in [0.5, 0.6) is 0 Å². The summed E-state index contributed by atoms with van der Waals surface area (Å²) < 4.78 is 4.94. The SMILES string of the molecule is CCOC(=O)C(NC)c1cc(Cl)ccc1Cl. The van der Waals surface area contributed by atoms with Crippen LogP contribution in [0.2, 0.25) is 10.0 Å². The van der Waals surface area contributed by atoms with Gasteiger partial charge >= 0.3 is 5.97 Å². The van der Waals surface area contributed by atoms with Gasteiger partial charge in [-0.25, -0.2) is 4.79 Å². The van der Waals surface area contributed by atoms with Crippen LogP contribution in [0.15, 0.2) is 18.2 Å². The van der Waals surface area contributed by atoms with E-state index in [-0.39, 0.29) is 5.97 Å². The number of carbonyl (C=O) groups excluding carboxylic acids is 1. The molecule has 0 bridgehead atoms. The number of esters is 1. The van der Waals surface area contributed by atoms with Crippen LogP contribution in [0.1, 0.15) is 18.5 Å². The molecule has 0 amide bonds. The molecule has 0 aliphatic carbocycles. The highest BCUT2D eigenvalue weighted by atomic mass is 35.5. The lowest BCUT2D eigenvalue weighted by Crippen LogP contribution is -2.27. The minimum absolute atomic E-state index is 0.329. The Morgan fingerprint density at radius 3 is 2.75 bits per heavy atom. The molecule has 1 rings (SSSR count). The topological polar surface area (TPSA) is 38.3 Å². The van der Waals surface area contributed by atoms with Crippen LogP contribution >= 0.6 is 23.2 Å². The summed E-state index contributed by atoms with van der Waals surface area (Å²) in [5, 5.41) is 3.87. The summed E-state index contributed by atoms with van der Waals surface area (Å²) in [6.45, 7) is 2.08. The lowest BCUT2D eigenvalue weighted by atomic mass is 10.1. The van der Waals surface area contributed by atoms with E-state index >= 15 is 0 Å². The van der Waals surface area contributed by atoms with Crippen molar-refractivity contribution in [2.75, 3.05) is 13.7 Å². The summed E-state index contributed by atoms with van der Waals surface area (Å²) in [6.07, 6.45) is 0. The predicted molar refractivity (Wildman–Crippen MR) is 64.9 cm³/mol. The lowest BCUT2D eigenvalue weighted by Gasteiger charge is -2.16. The second-order valence-corrected chi connectivity index (χ2v) is 3.98. The maximum atomic E-state index is 11.7. The summed E-state index contributed by atoms with van der Waals surface area (Å²) in [5.74, 6) is -0.367. The standard InChI is InChI=1S/C11H13Cl2NO2/c1-3-16-11(15)10(14-2)8-6-7(12)4-5-9(8)13/h4-6,10,14H,3H2,1-2H3. The first-order valence-corrected chi connectivity index (χ1v) is 5.64. The van der Waals surface area contributed by atoms with Crippen molar-refractivity contribution in [3.8, 4) is 0 Å². The van der Waals surface area contributed by atoms with E-state index in [4.69, 9.17) is 27.9 Å². The van der Waals surface area contributed by atoms with Gasteiger partial charge in [0.25, 0.3) is 0 Å². The van der Waals surface area contributed by atoms with E-state index in [2.05, 4.69) is 5.32 Å². The summed E-state index contributed by atoms with van der Waals surface area (Å²) in [5.41, 5.74) is 0.620. The zero-order valence-electron chi connectivity index (χ0n) is 9.09. The summed E-state index contributed by atoms with van der Waals surface area (Å²) in [7, 11) is 1.67. The Bertz CT molecular complexity index is 382. The van der Waals surface area contributed by atoms with Gasteiger partial charge in [0.1, 0.15) is 6.04 Å². The molecule has 1 atom stereocenters. The third-order valence-corrected chi connectivity index (χ3v) is 2.66. The summed E-state index contributed by atoms with van der Waals surface area (Å²) in [4.78, 5) is 11.7. The zero-order valence-corrected chi connectivity index (χ0v) is 10.6. The minimum Gasteiger partial charge on any atom is -0.465 e. The maximum absolute atomic E-state index is 11.7. The maximum Gasteiger partial charge on any atom is 0.327 e. The van der Waals surface area contributed by atoms with Gasteiger partial charge in [-0.15, -0.1) is 0 Å². The van der Waals surface area contributed by atoms with Crippen LogP contribution in [0.4, 0.5) is 0 Å². The number of hydrogen-bond acceptors (Lipinski definition) is 3. The van der Waals surface area contributed by atoms with Crippen LogP contribution in [-0.2, 0) is 9.53 Å². The quantitative estimate of drug-likeness (QED) is 0.848. The predicted octanol–water partition coefficient (Wildman–Crippen LogP) is 2.82. The third kappa shape index (κ3) is 3.11. The Hall–Kier alpha value is -0.770. The molecule has 0 radical (unpaired) electrons. The Balaban J connectivity index is 3.03. The molecule has 1 N–H and O–H groups in total. The van der Waals surface area contributed by atoms with E-state index in [0.29, 0.717) is 22.2 Å². The summed E-state index contributed by atoms with van der Waals surface area (Å²) in [6, 6.07) is 4.39. The van der Waals surface area contributed by atoms with Gasteiger partial charge in [0.05, 0.1) is 6.61 Å². The number of hydrogen-bond donors (Lipinski definition) is 1. The fourth-order valence-electron chi connectivity index (χ4n) is 1.36. The Morgan fingerprint density at radius 2 is 2.19 bits per heavy atom. The first-order valence-electron chi connectivity index (χ1n) is 4.89. The molecule has 0 heterocycles. The summed E-state index contributed by atoms with van der Waals surface area (Å²) >= 11 is 11.9. The molecule has 0 saturated carbocycles. The fourth-order valence-corrected chi connectivity index (χ4v) is 1.77. The van der Waals surface area contributed by atoms with Crippen molar-refractivity contribution >= 4 is 29.2 Å². The van der Waals surface area contributed by atoms with Gasteiger partial charge in [-0.05, 0) is 32.2 Å². The molecule has 0 aliphatic heterocycles. The molecule has 88 valence electrons. The largest absolute Gasteiger partial charge is 0.465 e. The fraction of sp³-hybridized carbons (Fsp3) is 0.364. The van der Waals surface area contributed by atoms with Crippen molar-refractivity contribution in [2.24, 2.45) is 0 Å². The molecule has 0 aromatic heterocycles. The van der Waals surface area contributed by atoms with Gasteiger partial charge in [-0.2, -0.15) is 0 Å². The van der Waals surface area contributed by atoms with Crippen molar-refractivity contribution in [1.29, 1.82) is 0 Å². The van der Waals surface area contributed by atoms with Crippen LogP contribution in [0.25, 0.3) is 0 Å². The normalized spacial score (nSPS) is 12.2. The van der Waals surface area contributed by atoms with Crippen LogP contribution in [0, 0.1) is 0 Å². The highest BCUT2D eigenvalue weighted by Gasteiger charge is 2.22. The van der Waals surface area contributed by atoms with E-state index in [1.165, 1.54) is 0 Å². The van der Waals surface area contributed by atoms with Gasteiger partial charge in [0.15, 0.2) is 0 Å². The third-order valence-electron chi connectivity index (χ3n) is 2.08. The van der Waals surface area contributed by atoms with Crippen molar-refractivity contribution in [3.63, 3.8) is 0 Å². The van der Waals surface area contributed by atoms with Crippen LogP contribution in [-0.4, -0.2) is 19.6 Å². The average Bonchev–Trinajstić information content (AvgIpc) is 2.24. The Kier molecular flexibility index (Phi) is 5.06. The molecule has 0 fully saturated rings. The first-order chi connectivity index (χ1) is 7.60. The smallest absolute Gasteiger partial charge is 0.327 e. The highest BCUT2D eigenvalue weighted by Crippen LogP contribution is 2.26. The molecule has 3 nitrogen and oxygen atoms in total. The van der Waals surface area contributed by atoms with E-state index in [0.717, 1.165) is 0 Å². The van der Waals surface area contributed by atoms with Crippen molar-refractivity contribution in [2.45, 2.75) is 13.0 Å². The number of rotatable bonds is 4. The highest BCUT2D eigenvalue weighted by molar-refractivity contribution is 6.33. The molecule has 0 spiro atoms. The van der Waals surface area contributed by atoms with Crippen molar-refractivity contribution in [1.82, 2.24) is 5.32 Å². The molecular formula is C11H13Cl2NO2. The monoisotopic (exact) mass is 261 g/mol. The van der Waals surface area contributed by atoms with Crippen LogP contribution in [0.3, 0.4) is 0 Å². The van der Waals surface area contributed by atoms with E-state index in [9.17, 15) is 4.79 Å². The molecule has 0 saturated heterocycles. The van der Waals surface area contributed by atoms with Crippen molar-refractivity contribution in [3.05, 3.63) is 33.8 Å². The zero-order chi connectivity index (χ0) is 12.1. The molecule has 0 aliphatic rings. The molecule has 1 aromatic rings. The Labute approximate surface area is 105 Å². The molecular weight excluding hydrogens is 249 g/mol. The Morgan fingerprint density at radius 1 is 1.50 bits per heavy atom. The minimum atomic E-state index is -0.592. The molecule has 1 unspecified atom stereocenters. The van der Waals surface area contributed by atoms with E-state index < -0.39 is 6.04 Å². The van der Waals surface area contributed by atoms with Crippen molar-refractivity contribution < 1.29 is 9.53 Å². The number of benzene rings is 1. The van der Waals surface area contributed by atoms with Crippen LogP contribution < -0.4 is 5.32 Å². The van der Waals surface area contributed by atoms with Gasteiger partial charge in [0, 0.05) is 15.6 Å². The van der Waals surface area contributed by atoms with Gasteiger partial charge in [-0.1, -0.05) is 23.2 Å². The van der Waals surface area contributed by atoms with E-state index in [1.54, 1.807) is 32.2 Å². The first kappa shape index (κ1) is 13.3. The van der Waals surface area contributed by atoms with Gasteiger partial charge in [-0.3, -0.25) is 0 Å². The second-order valence-electron chi connectivity index (χ2n) is 3.14. The van der Waals surface area contributed by atoms with Gasteiger partial charge in [0.2, 0.25) is 0 Å². The molecule has 5 heteroatoms.